The largest absolute Gasteiger partial charge is 0.435 e. The van der Waals surface area contributed by atoms with E-state index in [-0.39, 0.29) is 29.1 Å². The lowest BCUT2D eigenvalue weighted by molar-refractivity contribution is -0.136. The predicted octanol–water partition coefficient (Wildman–Crippen LogP) is 7.11. The lowest BCUT2D eigenvalue weighted by Crippen LogP contribution is -2.38. The van der Waals surface area contributed by atoms with Crippen molar-refractivity contribution in [2.75, 3.05) is 14.2 Å². The van der Waals surface area contributed by atoms with Crippen molar-refractivity contribution in [1.29, 1.82) is 0 Å². The Kier molecular flexibility index (Phi) is 7.32. The van der Waals surface area contributed by atoms with Crippen LogP contribution in [-0.2, 0) is 24.5 Å². The van der Waals surface area contributed by atoms with E-state index in [1.165, 1.54) is 18.5 Å². The number of methoxy groups -OCH3 is 1. The number of oxazole rings is 1. The smallest absolute Gasteiger partial charge is 0.420 e. The average molecular weight is 580 g/mol. The zero-order chi connectivity index (χ0) is 29.6. The molecule has 2 aromatic heterocycles. The van der Waals surface area contributed by atoms with Crippen molar-refractivity contribution < 1.29 is 26.7 Å². The van der Waals surface area contributed by atoms with Crippen LogP contribution < -0.4 is 0 Å². The standard InChI is InChI=1S/C31H29F4N5O2/c1-39(26-8-5-9-27(26)41-3)16-18-12-24(31(33,34)35)28-25(13-18)37-30(42-28)20-7-4-6-19(14-20)22-11-10-21(32)15-23(22)29-38-36-17-40(29)2/h4,6-7,10-15,17,26-27H,5,8-9,16H2,1-3H3. The van der Waals surface area contributed by atoms with E-state index in [1.807, 2.05) is 18.0 Å². The number of alkyl halides is 3. The highest BCUT2D eigenvalue weighted by Gasteiger charge is 2.36. The van der Waals surface area contributed by atoms with E-state index in [1.54, 1.807) is 49.1 Å². The number of nitrogens with zero attached hydrogens (tertiary/aromatic N) is 5. The van der Waals surface area contributed by atoms with Gasteiger partial charge in [-0.1, -0.05) is 18.2 Å². The Hall–Kier alpha value is -4.09. The van der Waals surface area contributed by atoms with Crippen molar-refractivity contribution in [3.05, 3.63) is 77.9 Å². The Labute approximate surface area is 239 Å². The summed E-state index contributed by atoms with van der Waals surface area (Å²) in [7, 11) is 5.33. The maximum atomic E-state index is 14.2. The van der Waals surface area contributed by atoms with Crippen molar-refractivity contribution >= 4 is 11.1 Å². The van der Waals surface area contributed by atoms with Crippen LogP contribution in [0.4, 0.5) is 17.6 Å². The number of rotatable bonds is 7. The zero-order valence-corrected chi connectivity index (χ0v) is 23.3. The van der Waals surface area contributed by atoms with Crippen LogP contribution in [0.15, 0.2) is 65.3 Å². The molecule has 3 aromatic carbocycles. The third-order valence-electron chi connectivity index (χ3n) is 7.93. The van der Waals surface area contributed by atoms with Crippen LogP contribution in [0.25, 0.3) is 45.1 Å². The van der Waals surface area contributed by atoms with Crippen LogP contribution in [0.2, 0.25) is 0 Å². The molecule has 2 unspecified atom stereocenters. The van der Waals surface area contributed by atoms with Gasteiger partial charge in [0.1, 0.15) is 23.2 Å². The molecule has 218 valence electrons. The fourth-order valence-electron chi connectivity index (χ4n) is 5.91. The predicted molar refractivity (Wildman–Crippen MR) is 150 cm³/mol. The molecule has 1 saturated carbocycles. The molecule has 11 heteroatoms. The number of aryl methyl sites for hydroxylation is 1. The maximum Gasteiger partial charge on any atom is 0.420 e. The fraction of sp³-hybridized carbons (Fsp3) is 0.323. The summed E-state index contributed by atoms with van der Waals surface area (Å²) in [6, 6.07) is 14.3. The summed E-state index contributed by atoms with van der Waals surface area (Å²) in [6.45, 7) is 0.316. The molecule has 1 fully saturated rings. The summed E-state index contributed by atoms with van der Waals surface area (Å²) in [5.41, 5.74) is 1.82. The van der Waals surface area contributed by atoms with E-state index in [4.69, 9.17) is 9.15 Å². The number of ether oxygens (including phenoxy) is 1. The second-order valence-corrected chi connectivity index (χ2v) is 10.7. The Balaban J connectivity index is 1.39. The minimum Gasteiger partial charge on any atom is -0.435 e. The second kappa shape index (κ2) is 11.0. The van der Waals surface area contributed by atoms with Crippen molar-refractivity contribution in [2.24, 2.45) is 7.05 Å². The van der Waals surface area contributed by atoms with Gasteiger partial charge in [-0.05, 0) is 79.4 Å². The Morgan fingerprint density at radius 2 is 1.86 bits per heavy atom. The van der Waals surface area contributed by atoms with Gasteiger partial charge in [-0.25, -0.2) is 9.37 Å². The van der Waals surface area contributed by atoms with Gasteiger partial charge in [0.2, 0.25) is 5.89 Å². The van der Waals surface area contributed by atoms with Gasteiger partial charge in [-0.2, -0.15) is 13.2 Å². The van der Waals surface area contributed by atoms with Gasteiger partial charge >= 0.3 is 6.18 Å². The molecule has 1 aliphatic rings. The fourth-order valence-corrected chi connectivity index (χ4v) is 5.91. The average Bonchev–Trinajstić information content (AvgIpc) is 3.71. The number of aromatic nitrogens is 4. The second-order valence-electron chi connectivity index (χ2n) is 10.7. The first-order chi connectivity index (χ1) is 20.1. The molecule has 2 heterocycles. The molecule has 2 atom stereocenters. The van der Waals surface area contributed by atoms with E-state index >= 15 is 0 Å². The van der Waals surface area contributed by atoms with E-state index in [0.717, 1.165) is 25.3 Å². The number of benzene rings is 3. The molecule has 6 rings (SSSR count). The Bertz CT molecular complexity index is 1750. The molecule has 0 radical (unpaired) electrons. The van der Waals surface area contributed by atoms with Crippen molar-refractivity contribution in [1.82, 2.24) is 24.6 Å². The van der Waals surface area contributed by atoms with Crippen LogP contribution in [0, 0.1) is 5.82 Å². The topological polar surface area (TPSA) is 69.2 Å². The maximum absolute atomic E-state index is 14.2. The number of halogens is 4. The van der Waals surface area contributed by atoms with Crippen LogP contribution in [0.1, 0.15) is 30.4 Å². The van der Waals surface area contributed by atoms with E-state index < -0.39 is 17.6 Å². The van der Waals surface area contributed by atoms with Crippen molar-refractivity contribution in [3.63, 3.8) is 0 Å². The summed E-state index contributed by atoms with van der Waals surface area (Å²) in [4.78, 5) is 6.54. The third-order valence-corrected chi connectivity index (χ3v) is 7.93. The highest BCUT2D eigenvalue weighted by Crippen LogP contribution is 2.39. The molecule has 0 N–H and O–H groups in total. The van der Waals surface area contributed by atoms with Gasteiger partial charge in [0.05, 0.1) is 6.10 Å². The van der Waals surface area contributed by atoms with Gasteiger partial charge in [-0.15, -0.1) is 10.2 Å². The normalized spacial score (nSPS) is 17.5. The van der Waals surface area contributed by atoms with E-state index in [0.29, 0.717) is 40.2 Å². The van der Waals surface area contributed by atoms with Crippen LogP contribution in [-0.4, -0.2) is 51.0 Å². The quantitative estimate of drug-likeness (QED) is 0.191. The minimum atomic E-state index is -4.63. The van der Waals surface area contributed by atoms with E-state index in [9.17, 15) is 17.6 Å². The highest BCUT2D eigenvalue weighted by atomic mass is 19.4. The molecular weight excluding hydrogens is 550 g/mol. The number of hydrogen-bond donors (Lipinski definition) is 0. The summed E-state index contributed by atoms with van der Waals surface area (Å²) in [6.07, 6.45) is -0.173. The molecule has 0 bridgehead atoms. The van der Waals surface area contributed by atoms with Gasteiger partial charge in [0.15, 0.2) is 11.4 Å². The minimum absolute atomic E-state index is 0.0559. The van der Waals surface area contributed by atoms with Crippen LogP contribution >= 0.6 is 0 Å². The highest BCUT2D eigenvalue weighted by molar-refractivity contribution is 5.84. The SMILES string of the molecule is COC1CCCC1N(C)Cc1cc(C(F)(F)F)c2oc(-c3cccc(-c4ccc(F)cc4-c4nncn4C)c3)nc2c1. The lowest BCUT2D eigenvalue weighted by Gasteiger charge is -2.29. The first-order valence-electron chi connectivity index (χ1n) is 13.6. The number of likely N-dealkylation sites (N-methyl/N-ethyl adjacent to an activating group) is 1. The van der Waals surface area contributed by atoms with Crippen LogP contribution in [0.5, 0.6) is 0 Å². The van der Waals surface area contributed by atoms with Crippen molar-refractivity contribution in [3.8, 4) is 34.0 Å². The molecule has 5 aromatic rings. The van der Waals surface area contributed by atoms with Gasteiger partial charge in [0.25, 0.3) is 0 Å². The molecule has 1 aliphatic carbocycles. The summed E-state index contributed by atoms with van der Waals surface area (Å²) >= 11 is 0. The number of fused-ring (bicyclic) bond motifs is 1. The first kappa shape index (κ1) is 28.0. The number of hydrogen-bond acceptors (Lipinski definition) is 6. The molecule has 0 aliphatic heterocycles. The summed E-state index contributed by atoms with van der Waals surface area (Å²) in [5.74, 6) is 0.0950. The summed E-state index contributed by atoms with van der Waals surface area (Å²) in [5, 5.41) is 8.02. The molecule has 0 amide bonds. The molecule has 0 saturated heterocycles. The van der Waals surface area contributed by atoms with E-state index in [2.05, 4.69) is 15.2 Å². The summed E-state index contributed by atoms with van der Waals surface area (Å²) < 4.78 is 70.0. The Morgan fingerprint density at radius 1 is 1.05 bits per heavy atom. The Morgan fingerprint density at radius 3 is 2.60 bits per heavy atom. The first-order valence-corrected chi connectivity index (χ1v) is 13.6. The molecule has 42 heavy (non-hydrogen) atoms. The molecular formula is C31H29F4N5O2. The third kappa shape index (κ3) is 5.30. The molecule has 7 nitrogen and oxygen atoms in total. The molecule has 0 spiro atoms. The van der Waals surface area contributed by atoms with Crippen molar-refractivity contribution in [2.45, 2.75) is 44.1 Å². The van der Waals surface area contributed by atoms with Gasteiger partial charge < -0.3 is 13.7 Å². The lowest BCUT2D eigenvalue weighted by atomic mass is 9.97. The van der Waals surface area contributed by atoms with Crippen LogP contribution in [0.3, 0.4) is 0 Å². The monoisotopic (exact) mass is 579 g/mol. The van der Waals surface area contributed by atoms with Gasteiger partial charge in [0, 0.05) is 37.9 Å². The van der Waals surface area contributed by atoms with Gasteiger partial charge in [-0.3, -0.25) is 4.90 Å². The zero-order valence-electron chi connectivity index (χ0n) is 23.3.